The summed E-state index contributed by atoms with van der Waals surface area (Å²) in [6, 6.07) is 8.97. The Balaban J connectivity index is 1.66. The van der Waals surface area contributed by atoms with Crippen molar-refractivity contribution in [2.24, 2.45) is 5.41 Å². The molecule has 4 heterocycles. The molecule has 0 aromatic heterocycles. The maximum absolute atomic E-state index is 12.8. The van der Waals surface area contributed by atoms with Crippen LogP contribution in [0.25, 0.3) is 0 Å². The first-order valence-electron chi connectivity index (χ1n) is 9.73. The highest BCUT2D eigenvalue weighted by atomic mass is 16.6. The number of esters is 1. The average molecular weight is 352 g/mol. The van der Waals surface area contributed by atoms with Crippen LogP contribution in [0.4, 0.5) is 5.69 Å². The van der Waals surface area contributed by atoms with E-state index in [9.17, 15) is 4.79 Å². The molecule has 1 N–H and O–H groups in total. The molecule has 1 spiro atoms. The fourth-order valence-electron chi connectivity index (χ4n) is 6.80. The van der Waals surface area contributed by atoms with Crippen LogP contribution < -0.4 is 5.32 Å². The van der Waals surface area contributed by atoms with Crippen LogP contribution in [0.3, 0.4) is 0 Å². The highest BCUT2D eigenvalue weighted by Gasteiger charge is 2.73. The van der Waals surface area contributed by atoms with Gasteiger partial charge in [-0.05, 0) is 37.4 Å². The van der Waals surface area contributed by atoms with Gasteiger partial charge in [-0.1, -0.05) is 25.1 Å². The van der Waals surface area contributed by atoms with Gasteiger partial charge in [0.2, 0.25) is 0 Å². The van der Waals surface area contributed by atoms with Crippen LogP contribution in [0.2, 0.25) is 0 Å². The average Bonchev–Trinajstić information content (AvgIpc) is 3.25. The number of carbonyl (C=O) groups is 1. The number of rotatable bonds is 2. The van der Waals surface area contributed by atoms with Gasteiger partial charge < -0.3 is 14.8 Å². The molecule has 1 aromatic carbocycles. The van der Waals surface area contributed by atoms with Gasteiger partial charge >= 0.3 is 5.97 Å². The number of methoxy groups -OCH3 is 1. The molecule has 136 valence electrons. The van der Waals surface area contributed by atoms with E-state index in [2.05, 4.69) is 41.4 Å². The Hall–Kier alpha value is -1.85. The number of carbonyl (C=O) groups excluding carboxylic acids is 1. The summed E-state index contributed by atoms with van der Waals surface area (Å²) in [5.74, 6) is -0.188. The van der Waals surface area contributed by atoms with Gasteiger partial charge in [-0.25, -0.2) is 4.79 Å². The molecular weight excluding hydrogens is 328 g/mol. The van der Waals surface area contributed by atoms with Gasteiger partial charge in [-0.2, -0.15) is 0 Å². The molecule has 26 heavy (non-hydrogen) atoms. The van der Waals surface area contributed by atoms with E-state index in [1.807, 2.05) is 0 Å². The van der Waals surface area contributed by atoms with Gasteiger partial charge in [0.05, 0.1) is 30.3 Å². The second-order valence-corrected chi connectivity index (χ2v) is 8.49. The summed E-state index contributed by atoms with van der Waals surface area (Å²) < 4.78 is 11.4. The topological polar surface area (TPSA) is 54.1 Å². The number of nitrogens with one attached hydrogen (secondary N) is 1. The van der Waals surface area contributed by atoms with Gasteiger partial charge in [-0.15, -0.1) is 0 Å². The number of para-hydroxylation sites is 1. The van der Waals surface area contributed by atoms with Crippen LogP contribution in [-0.2, 0) is 19.7 Å². The third-order valence-corrected chi connectivity index (χ3v) is 7.74. The molecule has 0 saturated carbocycles. The smallest absolute Gasteiger partial charge is 0.335 e. The van der Waals surface area contributed by atoms with Gasteiger partial charge in [0.1, 0.15) is 0 Å². The highest BCUT2D eigenvalue weighted by molar-refractivity contribution is 5.93. The Labute approximate surface area is 153 Å². The Kier molecular flexibility index (Phi) is 2.75. The zero-order valence-electron chi connectivity index (χ0n) is 15.2. The number of anilines is 1. The normalized spacial score (nSPS) is 41.7. The summed E-state index contributed by atoms with van der Waals surface area (Å²) in [6.07, 6.45) is 3.44. The van der Waals surface area contributed by atoms with E-state index in [0.29, 0.717) is 12.1 Å². The molecule has 5 heteroatoms. The van der Waals surface area contributed by atoms with Crippen molar-refractivity contribution in [3.8, 4) is 0 Å². The molecule has 3 saturated heterocycles. The molecule has 1 aromatic rings. The van der Waals surface area contributed by atoms with Crippen LogP contribution in [0.5, 0.6) is 0 Å². The van der Waals surface area contributed by atoms with Gasteiger partial charge in [0.15, 0.2) is 0 Å². The van der Waals surface area contributed by atoms with E-state index in [1.54, 1.807) is 0 Å². The minimum Gasteiger partial charge on any atom is -0.466 e. The summed E-state index contributed by atoms with van der Waals surface area (Å²) in [6.45, 7) is 4.36. The number of ether oxygens (including phenoxy) is 2. The second-order valence-electron chi connectivity index (χ2n) is 8.49. The minimum atomic E-state index is -0.188. The summed E-state index contributed by atoms with van der Waals surface area (Å²) >= 11 is 0. The van der Waals surface area contributed by atoms with Crippen molar-refractivity contribution in [3.05, 3.63) is 41.1 Å². The summed E-state index contributed by atoms with van der Waals surface area (Å²) in [5, 5.41) is 3.63. The minimum absolute atomic E-state index is 0.00836. The van der Waals surface area contributed by atoms with Crippen molar-refractivity contribution in [2.75, 3.05) is 25.5 Å². The molecule has 0 bridgehead atoms. The summed E-state index contributed by atoms with van der Waals surface area (Å²) in [4.78, 5) is 15.5. The van der Waals surface area contributed by atoms with E-state index in [1.165, 1.54) is 12.7 Å². The molecule has 0 amide bonds. The number of hydrogen-bond donors (Lipinski definition) is 1. The molecular formula is C21H24N2O3. The van der Waals surface area contributed by atoms with Crippen LogP contribution in [-0.4, -0.2) is 49.3 Å². The lowest BCUT2D eigenvalue weighted by Crippen LogP contribution is -2.63. The van der Waals surface area contributed by atoms with E-state index in [-0.39, 0.29) is 22.9 Å². The lowest BCUT2D eigenvalue weighted by Gasteiger charge is -2.54. The lowest BCUT2D eigenvalue weighted by atomic mass is 9.53. The summed E-state index contributed by atoms with van der Waals surface area (Å²) in [7, 11) is 1.49. The fourth-order valence-corrected chi connectivity index (χ4v) is 6.80. The van der Waals surface area contributed by atoms with Crippen LogP contribution in [0.1, 0.15) is 31.7 Å². The molecule has 6 rings (SSSR count). The Morgan fingerprint density at radius 3 is 3.08 bits per heavy atom. The predicted molar refractivity (Wildman–Crippen MR) is 96.8 cm³/mol. The highest BCUT2D eigenvalue weighted by Crippen LogP contribution is 2.68. The van der Waals surface area contributed by atoms with Crippen LogP contribution in [0, 0.1) is 5.41 Å². The van der Waals surface area contributed by atoms with Gasteiger partial charge in [0, 0.05) is 29.4 Å². The van der Waals surface area contributed by atoms with E-state index in [0.717, 1.165) is 49.3 Å². The maximum Gasteiger partial charge on any atom is 0.335 e. The molecule has 5 aliphatic rings. The van der Waals surface area contributed by atoms with Crippen LogP contribution in [0.15, 0.2) is 35.5 Å². The lowest BCUT2D eigenvalue weighted by molar-refractivity contribution is -0.137. The van der Waals surface area contributed by atoms with Crippen LogP contribution >= 0.6 is 0 Å². The first kappa shape index (κ1) is 15.2. The number of benzene rings is 1. The number of piperidine rings is 1. The van der Waals surface area contributed by atoms with Crippen molar-refractivity contribution in [3.63, 3.8) is 0 Å². The standard InChI is InChI=1S/C21H24N2O3/c1-3-20-10-12(18(24)25-2)16-21(13-6-4-5-7-14(13)22-16)8-9-23(19(20)21)11-15-17(20)26-15/h4-7,15,17,19,22H,3,8-11H2,1-2H3/t15-,17+,19-,20-,21-/m0/s1. The van der Waals surface area contributed by atoms with Crippen molar-refractivity contribution in [1.29, 1.82) is 0 Å². The van der Waals surface area contributed by atoms with Gasteiger partial charge in [0.25, 0.3) is 0 Å². The Morgan fingerprint density at radius 1 is 1.42 bits per heavy atom. The largest absolute Gasteiger partial charge is 0.466 e. The molecule has 4 aliphatic heterocycles. The number of fused-ring (bicyclic) bond motifs is 3. The quantitative estimate of drug-likeness (QED) is 0.654. The van der Waals surface area contributed by atoms with Crippen molar-refractivity contribution in [1.82, 2.24) is 4.90 Å². The fraction of sp³-hybridized carbons (Fsp3) is 0.571. The molecule has 0 radical (unpaired) electrons. The van der Waals surface area contributed by atoms with E-state index >= 15 is 0 Å². The molecule has 1 aliphatic carbocycles. The van der Waals surface area contributed by atoms with Crippen molar-refractivity contribution in [2.45, 2.75) is 49.9 Å². The molecule has 5 atom stereocenters. The van der Waals surface area contributed by atoms with Crippen molar-refractivity contribution >= 4 is 11.7 Å². The Bertz CT molecular complexity index is 865. The molecule has 5 nitrogen and oxygen atoms in total. The number of epoxide rings is 1. The Morgan fingerprint density at radius 2 is 2.27 bits per heavy atom. The first-order chi connectivity index (χ1) is 12.7. The maximum atomic E-state index is 12.8. The zero-order chi connectivity index (χ0) is 17.7. The monoisotopic (exact) mass is 352 g/mol. The second kappa shape index (κ2) is 4.70. The molecule has 0 unspecified atom stereocenters. The van der Waals surface area contributed by atoms with Gasteiger partial charge in [-0.3, -0.25) is 4.90 Å². The third-order valence-electron chi connectivity index (χ3n) is 7.74. The molecule has 3 fully saturated rings. The predicted octanol–water partition coefficient (Wildman–Crippen LogP) is 2.43. The first-order valence-corrected chi connectivity index (χ1v) is 9.73. The van der Waals surface area contributed by atoms with E-state index in [4.69, 9.17) is 9.47 Å². The van der Waals surface area contributed by atoms with E-state index < -0.39 is 0 Å². The number of nitrogens with zero attached hydrogens (tertiary/aromatic N) is 1. The van der Waals surface area contributed by atoms with Crippen molar-refractivity contribution < 1.29 is 14.3 Å². The zero-order valence-corrected chi connectivity index (χ0v) is 15.2. The summed E-state index contributed by atoms with van der Waals surface area (Å²) in [5.41, 5.74) is 4.29. The third kappa shape index (κ3) is 1.50. The SMILES string of the molecule is CC[C@]12CC(C(=O)OC)=C3Nc4ccccc4[C@@]34CCN(C[C@@H]3O[C@H]31)[C@@H]24. The number of hydrogen-bond acceptors (Lipinski definition) is 5.